The fraction of sp³-hybridized carbons (Fsp3) is 0. The van der Waals surface area contributed by atoms with Crippen molar-refractivity contribution in [3.63, 3.8) is 0 Å². The first kappa shape index (κ1) is 6.63. The predicted octanol–water partition coefficient (Wildman–Crippen LogP) is 1.64. The molecule has 2 nitrogen and oxygen atoms in total. The van der Waals surface area contributed by atoms with Crippen molar-refractivity contribution >= 4 is 5.69 Å². The lowest BCUT2D eigenvalue weighted by atomic mass is 10.2. The van der Waals surface area contributed by atoms with Gasteiger partial charge in [-0.1, -0.05) is 6.07 Å². The maximum absolute atomic E-state index is 8.44. The van der Waals surface area contributed by atoms with E-state index < -0.39 is 0 Å². The molecule has 0 amide bonds. The van der Waals surface area contributed by atoms with Gasteiger partial charge in [0.25, 0.3) is 0 Å². The second-order valence-corrected chi connectivity index (χ2v) is 1.84. The van der Waals surface area contributed by atoms with Gasteiger partial charge in [0.1, 0.15) is 0 Å². The van der Waals surface area contributed by atoms with Crippen LogP contribution in [0.1, 0.15) is 5.56 Å². The molecule has 2 heteroatoms. The summed E-state index contributed by atoms with van der Waals surface area (Å²) in [7, 11) is 5.11. The smallest absolute Gasteiger partial charge is 0.0992 e. The molecule has 0 saturated carbocycles. The molecule has 1 aromatic rings. The Bertz CT molecular complexity index is 260. The summed E-state index contributed by atoms with van der Waals surface area (Å²) in [6, 6.07) is 8.97. The van der Waals surface area contributed by atoms with Crippen molar-refractivity contribution in [3.8, 4) is 6.07 Å². The SMILES string of the molecule is [CH]Nc1cccc(C#N)c1. The topological polar surface area (TPSA) is 35.8 Å². The molecule has 0 aliphatic heterocycles. The molecule has 0 fully saturated rings. The van der Waals surface area contributed by atoms with Crippen LogP contribution in [-0.4, -0.2) is 0 Å². The van der Waals surface area contributed by atoms with E-state index in [1.165, 1.54) is 0 Å². The molecule has 0 atom stereocenters. The molecule has 1 N–H and O–H groups in total. The molecule has 0 aromatic heterocycles. The Balaban J connectivity index is 3.01. The van der Waals surface area contributed by atoms with E-state index in [-0.39, 0.29) is 0 Å². The number of nitriles is 1. The quantitative estimate of drug-likeness (QED) is 0.586. The van der Waals surface area contributed by atoms with Gasteiger partial charge in [-0.05, 0) is 18.2 Å². The summed E-state index contributed by atoms with van der Waals surface area (Å²) < 4.78 is 0. The number of hydrogen-bond donors (Lipinski definition) is 1. The standard InChI is InChI=1S/C8H6N2/c1-10-8-4-2-3-7(5-8)6-9/h1-5,10H. The molecular formula is C8H6N2. The first-order chi connectivity index (χ1) is 4.86. The molecule has 48 valence electrons. The number of anilines is 1. The highest BCUT2D eigenvalue weighted by atomic mass is 14.8. The van der Waals surface area contributed by atoms with Crippen molar-refractivity contribution in [2.24, 2.45) is 0 Å². The maximum Gasteiger partial charge on any atom is 0.0992 e. The van der Waals surface area contributed by atoms with Gasteiger partial charge in [0, 0.05) is 5.69 Å². The Morgan fingerprint density at radius 3 is 2.90 bits per heavy atom. The summed E-state index contributed by atoms with van der Waals surface area (Å²) in [6.07, 6.45) is 0. The number of nitrogens with one attached hydrogen (secondary N) is 1. The first-order valence-corrected chi connectivity index (χ1v) is 2.83. The third-order valence-corrected chi connectivity index (χ3v) is 1.16. The average molecular weight is 130 g/mol. The molecule has 0 aliphatic rings. The van der Waals surface area contributed by atoms with E-state index in [4.69, 9.17) is 12.3 Å². The van der Waals surface area contributed by atoms with E-state index in [0.29, 0.717) is 5.56 Å². The van der Waals surface area contributed by atoms with E-state index in [9.17, 15) is 0 Å². The fourth-order valence-electron chi connectivity index (χ4n) is 0.679. The number of nitrogens with zero attached hydrogens (tertiary/aromatic N) is 1. The molecule has 0 bridgehead atoms. The van der Waals surface area contributed by atoms with Gasteiger partial charge in [0.05, 0.1) is 18.7 Å². The minimum Gasteiger partial charge on any atom is -0.378 e. The van der Waals surface area contributed by atoms with Crippen LogP contribution in [0.25, 0.3) is 0 Å². The van der Waals surface area contributed by atoms with Crippen molar-refractivity contribution in [3.05, 3.63) is 36.9 Å². The number of hydrogen-bond acceptors (Lipinski definition) is 2. The van der Waals surface area contributed by atoms with E-state index >= 15 is 0 Å². The van der Waals surface area contributed by atoms with Crippen LogP contribution in [0.2, 0.25) is 0 Å². The molecule has 0 aliphatic carbocycles. The third-order valence-electron chi connectivity index (χ3n) is 1.16. The van der Waals surface area contributed by atoms with Crippen LogP contribution in [0, 0.1) is 18.4 Å². The fourth-order valence-corrected chi connectivity index (χ4v) is 0.679. The van der Waals surface area contributed by atoms with Crippen molar-refractivity contribution in [1.29, 1.82) is 5.26 Å². The predicted molar refractivity (Wildman–Crippen MR) is 39.1 cm³/mol. The van der Waals surface area contributed by atoms with Crippen LogP contribution in [-0.2, 0) is 0 Å². The number of benzene rings is 1. The minimum absolute atomic E-state index is 0.607. The Labute approximate surface area is 60.1 Å². The summed E-state index contributed by atoms with van der Waals surface area (Å²) in [5, 5.41) is 10.9. The first-order valence-electron chi connectivity index (χ1n) is 2.83. The van der Waals surface area contributed by atoms with Gasteiger partial charge < -0.3 is 5.32 Å². The van der Waals surface area contributed by atoms with Gasteiger partial charge in [0.15, 0.2) is 0 Å². The minimum atomic E-state index is 0.607. The van der Waals surface area contributed by atoms with Gasteiger partial charge in [-0.2, -0.15) is 5.26 Å². The van der Waals surface area contributed by atoms with E-state index in [1.54, 1.807) is 24.3 Å². The molecule has 10 heavy (non-hydrogen) atoms. The molecule has 0 saturated heterocycles. The van der Waals surface area contributed by atoms with Gasteiger partial charge in [0.2, 0.25) is 0 Å². The Hall–Kier alpha value is -1.49. The van der Waals surface area contributed by atoms with Gasteiger partial charge >= 0.3 is 0 Å². The van der Waals surface area contributed by atoms with E-state index in [1.807, 2.05) is 6.07 Å². The van der Waals surface area contributed by atoms with Crippen LogP contribution in [0.4, 0.5) is 5.69 Å². The largest absolute Gasteiger partial charge is 0.378 e. The zero-order chi connectivity index (χ0) is 7.40. The maximum atomic E-state index is 8.44. The summed E-state index contributed by atoms with van der Waals surface area (Å²) >= 11 is 0. The monoisotopic (exact) mass is 130 g/mol. The lowest BCUT2D eigenvalue weighted by Gasteiger charge is -1.96. The van der Waals surface area contributed by atoms with Crippen LogP contribution in [0.15, 0.2) is 24.3 Å². The zero-order valence-corrected chi connectivity index (χ0v) is 5.33. The Morgan fingerprint density at radius 2 is 2.30 bits per heavy atom. The Morgan fingerprint density at radius 1 is 1.50 bits per heavy atom. The molecule has 0 heterocycles. The van der Waals surface area contributed by atoms with E-state index in [2.05, 4.69) is 5.32 Å². The van der Waals surface area contributed by atoms with Gasteiger partial charge in [-0.15, -0.1) is 0 Å². The normalized spacial score (nSPS) is 8.40. The summed E-state index contributed by atoms with van der Waals surface area (Å²) in [5.74, 6) is 0. The highest BCUT2D eigenvalue weighted by Crippen LogP contribution is 2.07. The second kappa shape index (κ2) is 2.88. The van der Waals surface area contributed by atoms with Crippen LogP contribution in [0.5, 0.6) is 0 Å². The lowest BCUT2D eigenvalue weighted by molar-refractivity contribution is 1.47. The third kappa shape index (κ3) is 1.26. The van der Waals surface area contributed by atoms with Crippen molar-refractivity contribution in [2.45, 2.75) is 0 Å². The molecule has 0 unspecified atom stereocenters. The highest BCUT2D eigenvalue weighted by molar-refractivity contribution is 5.49. The average Bonchev–Trinajstić information content (AvgIpc) is 2.05. The molecule has 1 rings (SSSR count). The van der Waals surface area contributed by atoms with Crippen molar-refractivity contribution in [1.82, 2.24) is 0 Å². The van der Waals surface area contributed by atoms with Gasteiger partial charge in [-0.3, -0.25) is 0 Å². The van der Waals surface area contributed by atoms with Crippen molar-refractivity contribution in [2.75, 3.05) is 5.32 Å². The highest BCUT2D eigenvalue weighted by Gasteiger charge is 1.89. The van der Waals surface area contributed by atoms with Gasteiger partial charge in [-0.25, -0.2) is 0 Å². The Kier molecular flexibility index (Phi) is 1.91. The second-order valence-electron chi connectivity index (χ2n) is 1.84. The summed E-state index contributed by atoms with van der Waals surface area (Å²) in [6.45, 7) is 0. The summed E-state index contributed by atoms with van der Waals surface area (Å²) in [4.78, 5) is 0. The van der Waals surface area contributed by atoms with Crippen molar-refractivity contribution < 1.29 is 0 Å². The van der Waals surface area contributed by atoms with E-state index in [0.717, 1.165) is 5.69 Å². The number of rotatable bonds is 1. The molecular weight excluding hydrogens is 124 g/mol. The van der Waals surface area contributed by atoms with Crippen LogP contribution >= 0.6 is 0 Å². The summed E-state index contributed by atoms with van der Waals surface area (Å²) in [5.41, 5.74) is 1.36. The molecule has 1 aromatic carbocycles. The van der Waals surface area contributed by atoms with Crippen LogP contribution in [0.3, 0.4) is 0 Å². The zero-order valence-electron chi connectivity index (χ0n) is 5.33. The molecule has 0 spiro atoms. The van der Waals surface area contributed by atoms with Crippen LogP contribution < -0.4 is 5.32 Å². The lowest BCUT2D eigenvalue weighted by Crippen LogP contribution is -1.83. The molecule has 2 radical (unpaired) electrons.